The average Bonchev–Trinajstić information content (AvgIpc) is 3.03. The van der Waals surface area contributed by atoms with E-state index in [1.807, 2.05) is 36.4 Å². The summed E-state index contributed by atoms with van der Waals surface area (Å²) in [4.78, 5) is 28.4. The van der Waals surface area contributed by atoms with Gasteiger partial charge in [0.2, 0.25) is 5.91 Å². The van der Waals surface area contributed by atoms with Crippen LogP contribution in [0.25, 0.3) is 0 Å². The predicted octanol–water partition coefficient (Wildman–Crippen LogP) is 3.26. The Hall–Kier alpha value is -2.95. The van der Waals surface area contributed by atoms with Crippen molar-refractivity contribution in [3.8, 4) is 0 Å². The van der Waals surface area contributed by atoms with E-state index < -0.39 is 6.04 Å². The van der Waals surface area contributed by atoms with E-state index in [2.05, 4.69) is 24.3 Å². The molecule has 0 aliphatic carbocycles. The first-order valence-electron chi connectivity index (χ1n) is 9.66. The second kappa shape index (κ2) is 8.60. The second-order valence-corrected chi connectivity index (χ2v) is 7.72. The molecule has 3 aromatic carbocycles. The van der Waals surface area contributed by atoms with Crippen LogP contribution in [0.5, 0.6) is 0 Å². The number of hydrogen-bond donors (Lipinski definition) is 1. The van der Waals surface area contributed by atoms with E-state index in [4.69, 9.17) is 11.6 Å². The second-order valence-electron chi connectivity index (χ2n) is 7.29. The van der Waals surface area contributed by atoms with Gasteiger partial charge in [0, 0.05) is 16.1 Å². The number of hydrogen-bond acceptors (Lipinski definition) is 2. The lowest BCUT2D eigenvalue weighted by Crippen LogP contribution is -3.14. The van der Waals surface area contributed by atoms with Crippen LogP contribution in [0.15, 0.2) is 84.9 Å². The Kier molecular flexibility index (Phi) is 5.74. The number of quaternary nitrogens is 1. The van der Waals surface area contributed by atoms with Crippen molar-refractivity contribution in [2.24, 2.45) is 0 Å². The summed E-state index contributed by atoms with van der Waals surface area (Å²) >= 11 is 6.08. The highest BCUT2D eigenvalue weighted by molar-refractivity contribution is 6.31. The zero-order valence-electron chi connectivity index (χ0n) is 15.9. The van der Waals surface area contributed by atoms with E-state index in [9.17, 15) is 9.59 Å². The highest BCUT2D eigenvalue weighted by Crippen LogP contribution is 2.25. The number of halogens is 1. The van der Waals surface area contributed by atoms with E-state index in [1.54, 1.807) is 24.3 Å². The molecule has 4 nitrogen and oxygen atoms in total. The molecular formula is C24H22ClN2O2+. The normalized spacial score (nSPS) is 16.6. The molecule has 0 bridgehead atoms. The third-order valence-electron chi connectivity index (χ3n) is 5.25. The Morgan fingerprint density at radius 1 is 0.828 bits per heavy atom. The van der Waals surface area contributed by atoms with Crippen LogP contribution in [0.4, 0.5) is 5.69 Å². The first-order chi connectivity index (χ1) is 14.1. The van der Waals surface area contributed by atoms with Gasteiger partial charge in [-0.15, -0.1) is 0 Å². The maximum absolute atomic E-state index is 13.3. The summed E-state index contributed by atoms with van der Waals surface area (Å²) in [5, 5.41) is 0.504. The minimum absolute atomic E-state index is 0.167. The highest BCUT2D eigenvalue weighted by Gasteiger charge is 2.45. The van der Waals surface area contributed by atoms with Gasteiger partial charge in [0.15, 0.2) is 6.04 Å². The molecule has 4 rings (SSSR count). The fourth-order valence-corrected chi connectivity index (χ4v) is 4.05. The molecule has 1 aliphatic heterocycles. The summed E-state index contributed by atoms with van der Waals surface area (Å²) in [5.74, 6) is -0.347. The summed E-state index contributed by atoms with van der Waals surface area (Å²) in [7, 11) is 0. The number of nitrogens with one attached hydrogen (secondary N) is 1. The fraction of sp³-hybridized carbons (Fsp3) is 0.167. The van der Waals surface area contributed by atoms with E-state index >= 15 is 0 Å². The Morgan fingerprint density at radius 3 is 1.97 bits per heavy atom. The van der Waals surface area contributed by atoms with Gasteiger partial charge >= 0.3 is 0 Å². The van der Waals surface area contributed by atoms with Crippen molar-refractivity contribution >= 4 is 29.1 Å². The number of imide groups is 1. The lowest BCUT2D eigenvalue weighted by atomic mass is 10.1. The number of benzene rings is 3. The molecule has 1 heterocycles. The number of rotatable bonds is 6. The Balaban J connectivity index is 1.63. The van der Waals surface area contributed by atoms with Gasteiger partial charge < -0.3 is 4.90 Å². The van der Waals surface area contributed by atoms with Gasteiger partial charge in [0.05, 0.1) is 12.1 Å². The number of amides is 2. The van der Waals surface area contributed by atoms with Crippen LogP contribution >= 0.6 is 11.6 Å². The maximum Gasteiger partial charge on any atom is 0.292 e. The van der Waals surface area contributed by atoms with E-state index in [0.717, 1.165) is 16.0 Å². The van der Waals surface area contributed by atoms with Crippen LogP contribution in [-0.2, 0) is 22.7 Å². The first kappa shape index (κ1) is 19.4. The molecule has 1 N–H and O–H groups in total. The average molecular weight is 406 g/mol. The fourth-order valence-electron chi connectivity index (χ4n) is 3.86. The molecule has 1 fully saturated rings. The van der Waals surface area contributed by atoms with Crippen molar-refractivity contribution in [3.63, 3.8) is 0 Å². The van der Waals surface area contributed by atoms with Crippen molar-refractivity contribution in [1.29, 1.82) is 0 Å². The molecule has 0 spiro atoms. The van der Waals surface area contributed by atoms with Gasteiger partial charge in [-0.3, -0.25) is 9.59 Å². The van der Waals surface area contributed by atoms with Gasteiger partial charge in [0.1, 0.15) is 13.1 Å². The first-order valence-corrected chi connectivity index (χ1v) is 10.0. The SMILES string of the molecule is O=C1C[C@@H]([NH+](Cc2ccccc2)Cc2ccccc2)C(=O)N1c1cccc(Cl)c1. The van der Waals surface area contributed by atoms with Crippen molar-refractivity contribution in [2.45, 2.75) is 25.6 Å². The molecular weight excluding hydrogens is 384 g/mol. The quantitative estimate of drug-likeness (QED) is 0.639. The van der Waals surface area contributed by atoms with Crippen LogP contribution < -0.4 is 9.80 Å². The molecule has 1 aliphatic rings. The molecule has 0 aromatic heterocycles. The van der Waals surface area contributed by atoms with Crippen molar-refractivity contribution in [2.75, 3.05) is 4.90 Å². The lowest BCUT2D eigenvalue weighted by molar-refractivity contribution is -0.942. The zero-order chi connectivity index (χ0) is 20.2. The molecule has 5 heteroatoms. The molecule has 3 aromatic rings. The number of carbonyl (C=O) groups is 2. The topological polar surface area (TPSA) is 41.8 Å². The molecule has 146 valence electrons. The summed E-state index contributed by atoms with van der Waals surface area (Å²) in [5.41, 5.74) is 2.81. The largest absolute Gasteiger partial charge is 0.317 e. The Morgan fingerprint density at radius 2 is 1.41 bits per heavy atom. The van der Waals surface area contributed by atoms with Crippen LogP contribution in [0.2, 0.25) is 5.02 Å². The smallest absolute Gasteiger partial charge is 0.292 e. The third kappa shape index (κ3) is 4.39. The van der Waals surface area contributed by atoms with Gasteiger partial charge in [0.25, 0.3) is 5.91 Å². The van der Waals surface area contributed by atoms with Crippen LogP contribution in [-0.4, -0.2) is 17.9 Å². The van der Waals surface area contributed by atoms with Crippen LogP contribution in [0, 0.1) is 0 Å². The monoisotopic (exact) mass is 405 g/mol. The molecule has 2 amide bonds. The zero-order valence-corrected chi connectivity index (χ0v) is 16.7. The number of carbonyl (C=O) groups excluding carboxylic acids is 2. The molecule has 0 saturated carbocycles. The summed E-state index contributed by atoms with van der Waals surface area (Å²) in [6.45, 7) is 1.34. The molecule has 0 unspecified atom stereocenters. The molecule has 0 radical (unpaired) electrons. The van der Waals surface area contributed by atoms with Crippen LogP contribution in [0.1, 0.15) is 17.5 Å². The number of nitrogens with zero attached hydrogens (tertiary/aromatic N) is 1. The molecule has 1 atom stereocenters. The molecule has 1 saturated heterocycles. The van der Waals surface area contributed by atoms with Crippen molar-refractivity contribution < 1.29 is 14.5 Å². The van der Waals surface area contributed by atoms with Crippen molar-refractivity contribution in [1.82, 2.24) is 0 Å². The Labute approximate surface area is 175 Å². The third-order valence-corrected chi connectivity index (χ3v) is 5.49. The minimum Gasteiger partial charge on any atom is -0.317 e. The molecule has 29 heavy (non-hydrogen) atoms. The predicted molar refractivity (Wildman–Crippen MR) is 114 cm³/mol. The minimum atomic E-state index is -0.429. The van der Waals surface area contributed by atoms with Gasteiger partial charge in [-0.1, -0.05) is 78.3 Å². The summed E-state index contributed by atoms with van der Waals surface area (Å²) < 4.78 is 0. The summed E-state index contributed by atoms with van der Waals surface area (Å²) in [6.07, 6.45) is 0.195. The van der Waals surface area contributed by atoms with E-state index in [0.29, 0.717) is 23.8 Å². The summed E-state index contributed by atoms with van der Waals surface area (Å²) in [6, 6.07) is 26.6. The standard InChI is InChI=1S/C24H21ClN2O2/c25-20-12-7-13-21(14-20)27-23(28)15-22(24(27)29)26(16-18-8-3-1-4-9-18)17-19-10-5-2-6-11-19/h1-14,22H,15-17H2/p+1/t22-/m1/s1. The van der Waals surface area contributed by atoms with Gasteiger partial charge in [-0.25, -0.2) is 4.90 Å². The highest BCUT2D eigenvalue weighted by atomic mass is 35.5. The lowest BCUT2D eigenvalue weighted by Gasteiger charge is -2.25. The maximum atomic E-state index is 13.3. The Bertz CT molecular complexity index is 966. The van der Waals surface area contributed by atoms with E-state index in [1.165, 1.54) is 4.90 Å². The van der Waals surface area contributed by atoms with E-state index in [-0.39, 0.29) is 18.2 Å². The van der Waals surface area contributed by atoms with Gasteiger partial charge in [-0.05, 0) is 18.2 Å². The number of anilines is 1. The van der Waals surface area contributed by atoms with Crippen molar-refractivity contribution in [3.05, 3.63) is 101 Å². The van der Waals surface area contributed by atoms with Gasteiger partial charge in [-0.2, -0.15) is 0 Å². The van der Waals surface area contributed by atoms with Crippen LogP contribution in [0.3, 0.4) is 0 Å².